The highest BCUT2D eigenvalue weighted by atomic mass is 16.6. The maximum atomic E-state index is 13.7. The number of hydrogen-bond acceptors (Lipinski definition) is 12. The number of amides is 2. The van der Waals surface area contributed by atoms with Crippen LogP contribution >= 0.6 is 0 Å². The lowest BCUT2D eigenvalue weighted by molar-refractivity contribution is -0.160. The van der Waals surface area contributed by atoms with Gasteiger partial charge in [-0.3, -0.25) is 19.0 Å². The lowest BCUT2D eigenvalue weighted by Gasteiger charge is -2.37. The van der Waals surface area contributed by atoms with Crippen LogP contribution in [0.3, 0.4) is 0 Å². The normalized spacial score (nSPS) is 17.5. The van der Waals surface area contributed by atoms with Gasteiger partial charge in [-0.1, -0.05) is 87.5 Å². The maximum absolute atomic E-state index is 13.7. The third-order valence-corrected chi connectivity index (χ3v) is 10.5. The minimum atomic E-state index is -1.28. The molecule has 5 aromatic rings. The van der Waals surface area contributed by atoms with Crippen LogP contribution in [0.2, 0.25) is 0 Å². The van der Waals surface area contributed by atoms with E-state index in [1.165, 1.54) is 23.9 Å². The number of aromatic nitrogens is 2. The second kappa shape index (κ2) is 19.9. The summed E-state index contributed by atoms with van der Waals surface area (Å²) in [4.78, 5) is 55.4. The van der Waals surface area contributed by atoms with Crippen LogP contribution in [0.5, 0.6) is 17.2 Å². The molecule has 2 amide bonds. The second-order valence-electron chi connectivity index (χ2n) is 15.6. The van der Waals surface area contributed by atoms with Crippen LogP contribution in [-0.2, 0) is 44.3 Å². The summed E-state index contributed by atoms with van der Waals surface area (Å²) in [5.41, 5.74) is 6.60. The fraction of sp³-hybridized carbons (Fsp3) is 0.340. The number of methoxy groups -OCH3 is 3. The molecule has 2 heterocycles. The van der Waals surface area contributed by atoms with Crippen molar-refractivity contribution in [3.05, 3.63) is 148 Å². The van der Waals surface area contributed by atoms with Gasteiger partial charge in [0.15, 0.2) is 18.9 Å². The van der Waals surface area contributed by atoms with Gasteiger partial charge in [-0.2, -0.15) is 4.98 Å². The van der Waals surface area contributed by atoms with Crippen LogP contribution in [0.25, 0.3) is 0 Å². The number of carbonyl (C=O) groups is 3. The van der Waals surface area contributed by atoms with Gasteiger partial charge in [0.2, 0.25) is 5.91 Å². The molecular formula is C47H52N4O11. The fourth-order valence-corrected chi connectivity index (χ4v) is 7.23. The Balaban J connectivity index is 1.29. The molecule has 6 rings (SSSR count). The van der Waals surface area contributed by atoms with Gasteiger partial charge >= 0.3 is 11.7 Å². The average Bonchev–Trinajstić information content (AvgIpc) is 3.61. The van der Waals surface area contributed by atoms with Crippen molar-refractivity contribution >= 4 is 23.6 Å². The SMILES string of the molecule is COc1ccc(C(OC[C@H]2O[C@@H](n3ccc(NC(=O)COc4ccc(C(C)(C)C)cc4)nc3=O)[C@H](OC)[C@@H]2OC(=O)CCC(N)=O)(c2ccccc2)c2ccc(OC)cc2)cc1. The van der Waals surface area contributed by atoms with E-state index in [1.807, 2.05) is 91.0 Å². The van der Waals surface area contributed by atoms with Gasteiger partial charge in [0.05, 0.1) is 27.2 Å². The monoisotopic (exact) mass is 848 g/mol. The Hall–Kier alpha value is -6.55. The molecule has 1 aliphatic heterocycles. The Bertz CT molecular complexity index is 2300. The number of carbonyl (C=O) groups excluding carboxylic acids is 3. The van der Waals surface area contributed by atoms with E-state index in [-0.39, 0.29) is 37.3 Å². The molecule has 1 aliphatic rings. The van der Waals surface area contributed by atoms with Crippen LogP contribution in [0.4, 0.5) is 5.82 Å². The summed E-state index contributed by atoms with van der Waals surface area (Å²) < 4.78 is 43.3. The molecule has 3 N–H and O–H groups in total. The first kappa shape index (κ1) is 45.0. The van der Waals surface area contributed by atoms with E-state index in [4.69, 9.17) is 38.9 Å². The quantitative estimate of drug-likeness (QED) is 0.0813. The number of anilines is 1. The van der Waals surface area contributed by atoms with Crippen molar-refractivity contribution in [2.75, 3.05) is 39.9 Å². The van der Waals surface area contributed by atoms with Crippen molar-refractivity contribution in [1.29, 1.82) is 0 Å². The van der Waals surface area contributed by atoms with E-state index >= 15 is 0 Å². The molecule has 0 radical (unpaired) electrons. The third kappa shape index (κ3) is 10.5. The fourth-order valence-electron chi connectivity index (χ4n) is 7.23. The maximum Gasteiger partial charge on any atom is 0.351 e. The lowest BCUT2D eigenvalue weighted by Crippen LogP contribution is -2.42. The van der Waals surface area contributed by atoms with Crippen molar-refractivity contribution in [2.45, 2.75) is 69.2 Å². The molecule has 1 saturated heterocycles. The van der Waals surface area contributed by atoms with Gasteiger partial charge in [-0.25, -0.2) is 4.79 Å². The first-order chi connectivity index (χ1) is 29.7. The van der Waals surface area contributed by atoms with Crippen molar-refractivity contribution < 1.29 is 47.5 Å². The number of nitrogens with one attached hydrogen (secondary N) is 1. The average molecular weight is 849 g/mol. The Morgan fingerprint density at radius 2 is 1.31 bits per heavy atom. The van der Waals surface area contributed by atoms with Gasteiger partial charge in [0, 0.05) is 19.7 Å². The zero-order chi connectivity index (χ0) is 44.4. The summed E-state index contributed by atoms with van der Waals surface area (Å²) in [6.07, 6.45) is -3.58. The summed E-state index contributed by atoms with van der Waals surface area (Å²) in [5.74, 6) is -0.175. The summed E-state index contributed by atoms with van der Waals surface area (Å²) in [6, 6.07) is 33.4. The predicted molar refractivity (Wildman–Crippen MR) is 229 cm³/mol. The van der Waals surface area contributed by atoms with E-state index in [0.717, 1.165) is 22.3 Å². The van der Waals surface area contributed by atoms with E-state index in [0.29, 0.717) is 17.2 Å². The molecule has 4 atom stereocenters. The van der Waals surface area contributed by atoms with Crippen LogP contribution in [0, 0.1) is 0 Å². The summed E-state index contributed by atoms with van der Waals surface area (Å²) in [5, 5.41) is 2.59. The number of primary amides is 1. The number of esters is 1. The minimum absolute atomic E-state index is 0.0177. The number of nitrogens with zero attached hydrogens (tertiary/aromatic N) is 2. The molecule has 15 nitrogen and oxygen atoms in total. The molecule has 1 aromatic heterocycles. The molecular weight excluding hydrogens is 797 g/mol. The largest absolute Gasteiger partial charge is 0.497 e. The van der Waals surface area contributed by atoms with Crippen molar-refractivity contribution in [3.8, 4) is 17.2 Å². The van der Waals surface area contributed by atoms with E-state index in [9.17, 15) is 19.2 Å². The number of rotatable bonds is 18. The Labute approximate surface area is 360 Å². The van der Waals surface area contributed by atoms with E-state index < -0.39 is 53.6 Å². The Kier molecular flexibility index (Phi) is 14.4. The van der Waals surface area contributed by atoms with Crippen LogP contribution in [0.15, 0.2) is 120 Å². The highest BCUT2D eigenvalue weighted by Gasteiger charge is 2.50. The predicted octanol–water partition coefficient (Wildman–Crippen LogP) is 5.67. The number of hydrogen-bond donors (Lipinski definition) is 2. The summed E-state index contributed by atoms with van der Waals surface area (Å²) in [6.45, 7) is 5.79. The summed E-state index contributed by atoms with van der Waals surface area (Å²) in [7, 11) is 4.55. The molecule has 0 aliphatic carbocycles. The van der Waals surface area contributed by atoms with Gasteiger partial charge in [0.1, 0.15) is 40.9 Å². The molecule has 1 fully saturated rings. The molecule has 0 unspecified atom stereocenters. The van der Waals surface area contributed by atoms with Gasteiger partial charge in [-0.15, -0.1) is 0 Å². The zero-order valence-electron chi connectivity index (χ0n) is 35.6. The van der Waals surface area contributed by atoms with Crippen LogP contribution < -0.4 is 31.0 Å². The highest BCUT2D eigenvalue weighted by Crippen LogP contribution is 2.43. The minimum Gasteiger partial charge on any atom is -0.497 e. The van der Waals surface area contributed by atoms with Crippen molar-refractivity contribution in [3.63, 3.8) is 0 Å². The smallest absolute Gasteiger partial charge is 0.351 e. The zero-order valence-corrected chi connectivity index (χ0v) is 35.6. The van der Waals surface area contributed by atoms with Crippen molar-refractivity contribution in [2.24, 2.45) is 5.73 Å². The third-order valence-electron chi connectivity index (χ3n) is 10.5. The van der Waals surface area contributed by atoms with E-state index in [1.54, 1.807) is 26.4 Å². The second-order valence-corrected chi connectivity index (χ2v) is 15.6. The van der Waals surface area contributed by atoms with Gasteiger partial charge in [-0.05, 0) is 70.1 Å². The molecule has 326 valence electrons. The number of ether oxygens (including phenoxy) is 7. The lowest BCUT2D eigenvalue weighted by atomic mass is 9.80. The van der Waals surface area contributed by atoms with Crippen LogP contribution in [0.1, 0.15) is 62.1 Å². The molecule has 4 aromatic carbocycles. The molecule has 15 heteroatoms. The van der Waals surface area contributed by atoms with Crippen molar-refractivity contribution in [1.82, 2.24) is 9.55 Å². The molecule has 0 spiro atoms. The molecule has 62 heavy (non-hydrogen) atoms. The van der Waals surface area contributed by atoms with Gasteiger partial charge in [0.25, 0.3) is 5.91 Å². The highest BCUT2D eigenvalue weighted by molar-refractivity contribution is 5.90. The standard InChI is InChI=1S/C47H52N4O11/c1-46(2,3)30-12-22-36(23-13-30)59-29-40(53)49-39-26-27-51(45(55)50-39)44-43(58-6)42(62-41(54)25-24-38(48)52)37(61-44)28-60-47(31-10-8-7-9-11-31,32-14-18-34(56-4)19-15-32)33-16-20-35(57-5)21-17-33/h7-23,26-27,37,42-44H,24-25,28-29H2,1-6H3,(H2,48,52)(H,49,50,53,55)/t37-,42-,43-,44-/m1/s1. The van der Waals surface area contributed by atoms with Crippen LogP contribution in [-0.4, -0.2) is 80.2 Å². The summed E-state index contributed by atoms with van der Waals surface area (Å²) >= 11 is 0. The molecule has 0 bridgehead atoms. The van der Waals surface area contributed by atoms with Gasteiger partial charge < -0.3 is 44.2 Å². The first-order valence-electron chi connectivity index (χ1n) is 20.0. The topological polar surface area (TPSA) is 189 Å². The molecule has 0 saturated carbocycles. The Morgan fingerprint density at radius 3 is 1.84 bits per heavy atom. The first-order valence-corrected chi connectivity index (χ1v) is 20.0. The number of nitrogens with two attached hydrogens (primary N) is 1. The Morgan fingerprint density at radius 1 is 0.742 bits per heavy atom. The van der Waals surface area contributed by atoms with E-state index in [2.05, 4.69) is 31.1 Å². The number of benzene rings is 4.